The van der Waals surface area contributed by atoms with Gasteiger partial charge in [0.2, 0.25) is 5.95 Å². The monoisotopic (exact) mass is 501 g/mol. The molecule has 0 amide bonds. The Balaban J connectivity index is 1.46. The van der Waals surface area contributed by atoms with Gasteiger partial charge >= 0.3 is 0 Å². The summed E-state index contributed by atoms with van der Waals surface area (Å²) in [6, 6.07) is 16.7. The van der Waals surface area contributed by atoms with Crippen LogP contribution in [0.3, 0.4) is 0 Å². The quantitative estimate of drug-likeness (QED) is 0.171. The topological polar surface area (TPSA) is 98.2 Å². The van der Waals surface area contributed by atoms with Crippen LogP contribution in [-0.4, -0.2) is 47.8 Å². The SMILES string of the molecule is CCCCNc1nc(NCc2ccc(CN3CCCC3)cc2)c(C=N)c(NCc2ccc(OC)cc2)n1. The van der Waals surface area contributed by atoms with Gasteiger partial charge in [0.15, 0.2) is 0 Å². The van der Waals surface area contributed by atoms with Crippen LogP contribution in [0.1, 0.15) is 54.9 Å². The van der Waals surface area contributed by atoms with Crippen molar-refractivity contribution in [1.82, 2.24) is 14.9 Å². The molecular weight excluding hydrogens is 462 g/mol. The molecule has 2 heterocycles. The van der Waals surface area contributed by atoms with Crippen molar-refractivity contribution in [2.75, 3.05) is 42.7 Å². The second kappa shape index (κ2) is 13.6. The summed E-state index contributed by atoms with van der Waals surface area (Å²) in [5.74, 6) is 2.65. The number of hydrogen-bond acceptors (Lipinski definition) is 8. The van der Waals surface area contributed by atoms with Crippen molar-refractivity contribution in [1.29, 1.82) is 5.41 Å². The van der Waals surface area contributed by atoms with Crippen LogP contribution in [0.25, 0.3) is 0 Å². The van der Waals surface area contributed by atoms with E-state index in [0.29, 0.717) is 36.2 Å². The molecule has 1 fully saturated rings. The van der Waals surface area contributed by atoms with Crippen molar-refractivity contribution in [3.63, 3.8) is 0 Å². The highest BCUT2D eigenvalue weighted by molar-refractivity contribution is 5.91. The van der Waals surface area contributed by atoms with Gasteiger partial charge in [-0.15, -0.1) is 0 Å². The number of rotatable bonds is 14. The van der Waals surface area contributed by atoms with Gasteiger partial charge in [-0.2, -0.15) is 9.97 Å². The molecule has 0 saturated carbocycles. The number of ether oxygens (including phenoxy) is 1. The lowest BCUT2D eigenvalue weighted by Crippen LogP contribution is -2.18. The fourth-order valence-corrected chi connectivity index (χ4v) is 4.41. The zero-order chi connectivity index (χ0) is 25.9. The van der Waals surface area contributed by atoms with E-state index in [1.54, 1.807) is 7.11 Å². The second-order valence-electron chi connectivity index (χ2n) is 9.44. The molecule has 4 N–H and O–H groups in total. The third-order valence-corrected chi connectivity index (χ3v) is 6.61. The second-order valence-corrected chi connectivity index (χ2v) is 9.44. The van der Waals surface area contributed by atoms with E-state index in [1.807, 2.05) is 24.3 Å². The van der Waals surface area contributed by atoms with E-state index >= 15 is 0 Å². The number of benzene rings is 2. The van der Waals surface area contributed by atoms with E-state index in [4.69, 9.17) is 15.1 Å². The van der Waals surface area contributed by atoms with Crippen molar-refractivity contribution in [3.8, 4) is 5.75 Å². The largest absolute Gasteiger partial charge is 0.497 e. The van der Waals surface area contributed by atoms with Crippen LogP contribution < -0.4 is 20.7 Å². The number of nitrogens with zero attached hydrogens (tertiary/aromatic N) is 3. The molecule has 37 heavy (non-hydrogen) atoms. The van der Waals surface area contributed by atoms with Crippen LogP contribution in [0.15, 0.2) is 48.5 Å². The van der Waals surface area contributed by atoms with Gasteiger partial charge in [-0.1, -0.05) is 49.7 Å². The fraction of sp³-hybridized carbons (Fsp3) is 0.414. The summed E-state index contributed by atoms with van der Waals surface area (Å²) in [5.41, 5.74) is 4.26. The first-order valence-electron chi connectivity index (χ1n) is 13.3. The minimum absolute atomic E-state index is 0.555. The Kier molecular flexibility index (Phi) is 9.71. The Morgan fingerprint density at radius 3 is 1.97 bits per heavy atom. The lowest BCUT2D eigenvalue weighted by Gasteiger charge is -2.17. The van der Waals surface area contributed by atoms with Crippen LogP contribution in [0, 0.1) is 5.41 Å². The molecule has 3 aromatic rings. The smallest absolute Gasteiger partial charge is 0.226 e. The van der Waals surface area contributed by atoms with Crippen molar-refractivity contribution < 1.29 is 4.74 Å². The third-order valence-electron chi connectivity index (χ3n) is 6.61. The summed E-state index contributed by atoms with van der Waals surface area (Å²) in [6.07, 6.45) is 6.06. The van der Waals surface area contributed by atoms with Crippen LogP contribution in [0.2, 0.25) is 0 Å². The van der Waals surface area contributed by atoms with Gasteiger partial charge in [-0.3, -0.25) is 4.90 Å². The maximum atomic E-state index is 8.09. The molecule has 8 heteroatoms. The molecular formula is C29H39N7O. The molecule has 0 bridgehead atoms. The van der Waals surface area contributed by atoms with Gasteiger partial charge in [-0.25, -0.2) is 0 Å². The first kappa shape index (κ1) is 26.4. The van der Waals surface area contributed by atoms with Crippen molar-refractivity contribution in [3.05, 3.63) is 70.8 Å². The average molecular weight is 502 g/mol. The predicted octanol–water partition coefficient (Wildman–Crippen LogP) is 5.51. The third kappa shape index (κ3) is 7.67. The summed E-state index contributed by atoms with van der Waals surface area (Å²) in [5, 5.41) is 18.3. The minimum Gasteiger partial charge on any atom is -0.497 e. The highest BCUT2D eigenvalue weighted by Gasteiger charge is 2.14. The first-order valence-corrected chi connectivity index (χ1v) is 13.3. The summed E-state index contributed by atoms with van der Waals surface area (Å²) in [4.78, 5) is 11.9. The Hall–Kier alpha value is -3.65. The van der Waals surface area contributed by atoms with E-state index in [-0.39, 0.29) is 0 Å². The van der Waals surface area contributed by atoms with Crippen LogP contribution in [0.4, 0.5) is 17.6 Å². The van der Waals surface area contributed by atoms with E-state index in [9.17, 15) is 0 Å². The highest BCUT2D eigenvalue weighted by Crippen LogP contribution is 2.23. The van der Waals surface area contributed by atoms with Gasteiger partial charge in [-0.05, 0) is 61.2 Å². The Labute approximate surface area is 220 Å². The maximum absolute atomic E-state index is 8.09. The fourth-order valence-electron chi connectivity index (χ4n) is 4.41. The Morgan fingerprint density at radius 2 is 1.43 bits per heavy atom. The van der Waals surface area contributed by atoms with E-state index in [0.717, 1.165) is 37.2 Å². The maximum Gasteiger partial charge on any atom is 0.226 e. The van der Waals surface area contributed by atoms with Gasteiger partial charge < -0.3 is 26.1 Å². The highest BCUT2D eigenvalue weighted by atomic mass is 16.5. The molecule has 0 unspecified atom stereocenters. The number of anilines is 3. The summed E-state index contributed by atoms with van der Waals surface area (Å²) in [6.45, 7) is 7.58. The van der Waals surface area contributed by atoms with Crippen LogP contribution in [0.5, 0.6) is 5.75 Å². The Bertz CT molecular complexity index is 1130. The molecule has 0 spiro atoms. The van der Waals surface area contributed by atoms with Crippen LogP contribution >= 0.6 is 0 Å². The average Bonchev–Trinajstić information content (AvgIpc) is 3.45. The van der Waals surface area contributed by atoms with Gasteiger partial charge in [0, 0.05) is 32.4 Å². The summed E-state index contributed by atoms with van der Waals surface area (Å²) < 4.78 is 5.26. The number of methoxy groups -OCH3 is 1. The van der Waals surface area contributed by atoms with E-state index < -0.39 is 0 Å². The van der Waals surface area contributed by atoms with E-state index in [1.165, 1.54) is 43.3 Å². The molecule has 8 nitrogen and oxygen atoms in total. The zero-order valence-electron chi connectivity index (χ0n) is 22.0. The number of nitrogens with one attached hydrogen (secondary N) is 4. The standard InChI is InChI=1S/C29H39N7O/c1-3-4-15-31-29-34-27(32-19-22-7-9-24(10-8-22)21-36-16-5-6-17-36)26(18-30)28(35-29)33-20-23-11-13-25(37-2)14-12-23/h7-14,18,30H,3-6,15-17,19-21H2,1-2H3,(H3,31,32,33,34,35). The molecule has 0 radical (unpaired) electrons. The zero-order valence-corrected chi connectivity index (χ0v) is 22.0. The summed E-state index contributed by atoms with van der Waals surface area (Å²) in [7, 11) is 1.66. The van der Waals surface area contributed by atoms with Gasteiger partial charge in [0.25, 0.3) is 0 Å². The lowest BCUT2D eigenvalue weighted by molar-refractivity contribution is 0.331. The number of unbranched alkanes of at least 4 members (excludes halogenated alkanes) is 1. The van der Waals surface area contributed by atoms with Crippen LogP contribution in [-0.2, 0) is 19.6 Å². The molecule has 0 atom stereocenters. The minimum atomic E-state index is 0.555. The summed E-state index contributed by atoms with van der Waals surface area (Å²) >= 11 is 0. The normalized spacial score (nSPS) is 13.4. The van der Waals surface area contributed by atoms with Gasteiger partial charge in [0.1, 0.15) is 17.4 Å². The van der Waals surface area contributed by atoms with Gasteiger partial charge in [0.05, 0.1) is 12.7 Å². The lowest BCUT2D eigenvalue weighted by atomic mass is 10.1. The first-order chi connectivity index (χ1) is 18.2. The number of aromatic nitrogens is 2. The molecule has 1 aliphatic heterocycles. The predicted molar refractivity (Wildman–Crippen MR) is 152 cm³/mol. The molecule has 1 saturated heterocycles. The molecule has 2 aromatic carbocycles. The van der Waals surface area contributed by atoms with Crippen molar-refractivity contribution >= 4 is 23.8 Å². The molecule has 1 aromatic heterocycles. The van der Waals surface area contributed by atoms with Crippen molar-refractivity contribution in [2.24, 2.45) is 0 Å². The molecule has 1 aliphatic rings. The molecule has 196 valence electrons. The number of hydrogen-bond donors (Lipinski definition) is 4. The van der Waals surface area contributed by atoms with E-state index in [2.05, 4.69) is 57.0 Å². The Morgan fingerprint density at radius 1 is 0.865 bits per heavy atom. The molecule has 4 rings (SSSR count). The number of likely N-dealkylation sites (tertiary alicyclic amines) is 1. The molecule has 0 aliphatic carbocycles. The van der Waals surface area contributed by atoms with Crippen molar-refractivity contribution in [2.45, 2.75) is 52.2 Å².